The summed E-state index contributed by atoms with van der Waals surface area (Å²) in [7, 11) is 0. The van der Waals surface area contributed by atoms with Gasteiger partial charge in [0.1, 0.15) is 11.5 Å². The Kier molecular flexibility index (Phi) is 13.0. The van der Waals surface area contributed by atoms with Crippen molar-refractivity contribution in [1.82, 2.24) is 0 Å². The third-order valence-corrected chi connectivity index (χ3v) is 19.9. The molecule has 428 valence electrons. The molecule has 4 aliphatic rings. The lowest BCUT2D eigenvalue weighted by Crippen LogP contribution is -2.64. The number of aryl methyl sites for hydroxylation is 9. The minimum Gasteiger partial charge on any atom is -0.458 e. The molecule has 0 spiro atoms. The molecule has 0 fully saturated rings. The first-order valence-electron chi connectivity index (χ1n) is 31.1. The molecule has 5 nitrogen and oxygen atoms in total. The number of rotatable bonds is 9. The Hall–Kier alpha value is -9.88. The molecular formula is C81H66B2N4OS. The predicted octanol–water partition coefficient (Wildman–Crippen LogP) is 18.2. The molecule has 4 aliphatic heterocycles. The van der Waals surface area contributed by atoms with Crippen molar-refractivity contribution in [1.29, 1.82) is 0 Å². The molecule has 0 radical (unpaired) electrons. The van der Waals surface area contributed by atoms with Crippen LogP contribution in [0.1, 0.15) is 50.1 Å². The Morgan fingerprint density at radius 2 is 0.809 bits per heavy atom. The quantitative estimate of drug-likeness (QED) is 0.133. The molecule has 0 amide bonds. The van der Waals surface area contributed by atoms with E-state index in [0.29, 0.717) is 0 Å². The van der Waals surface area contributed by atoms with Crippen molar-refractivity contribution in [2.24, 2.45) is 0 Å². The fourth-order valence-corrected chi connectivity index (χ4v) is 16.9. The first-order chi connectivity index (χ1) is 43.4. The smallest absolute Gasteiger partial charge is 0.253 e. The van der Waals surface area contributed by atoms with Gasteiger partial charge < -0.3 is 24.3 Å². The lowest BCUT2D eigenvalue weighted by Gasteiger charge is -2.46. The lowest BCUT2D eigenvalue weighted by atomic mass is 9.31. The zero-order valence-electron chi connectivity index (χ0n) is 51.8. The zero-order chi connectivity index (χ0) is 60.5. The molecule has 12 aromatic rings. The van der Waals surface area contributed by atoms with E-state index in [1.165, 1.54) is 115 Å². The minimum absolute atomic E-state index is 0.101. The maximum Gasteiger partial charge on any atom is 0.253 e. The first-order valence-corrected chi connectivity index (χ1v) is 31.9. The maximum atomic E-state index is 7.22. The fourth-order valence-electron chi connectivity index (χ4n) is 15.7. The standard InChI is InChI=1S/C81H66B2N4OS/c1-49-37-52(4)79(53(5)38-49)84(59-27-15-11-16-28-59)61-43-71-77-72(44-61)87(81-56(8)41-51(3)42-57(81)9)69-35-23-20-32-64(69)82(77)66-47-67-75(48-70(66)86(71)68-34-22-19-31-63(68)58-25-13-10-14-26-58)89-76-46-62(45-74-78(76)83(67)65-33-21-24-36-73(65)88-74)85(60-29-17-12-18-30-60)80-54(6)39-50(2)40-55(80)7/h10-48H,1-9H3. The Balaban J connectivity index is 1.01. The average molecular weight is 1170 g/mol. The van der Waals surface area contributed by atoms with E-state index in [4.69, 9.17) is 4.74 Å². The highest BCUT2D eigenvalue weighted by Crippen LogP contribution is 2.53. The molecule has 0 atom stereocenters. The van der Waals surface area contributed by atoms with Crippen molar-refractivity contribution >= 4 is 126 Å². The van der Waals surface area contributed by atoms with Gasteiger partial charge in [-0.15, -0.1) is 0 Å². The van der Waals surface area contributed by atoms with Crippen LogP contribution >= 0.6 is 11.8 Å². The molecule has 0 saturated heterocycles. The number of fused-ring (bicyclic) bond motifs is 8. The largest absolute Gasteiger partial charge is 0.458 e. The number of benzene rings is 12. The van der Waals surface area contributed by atoms with Crippen molar-refractivity contribution in [2.75, 3.05) is 19.6 Å². The fraction of sp³-hybridized carbons (Fsp3) is 0.111. The second-order valence-corrected chi connectivity index (χ2v) is 26.1. The molecule has 0 unspecified atom stereocenters. The topological polar surface area (TPSA) is 22.2 Å². The van der Waals surface area contributed by atoms with Gasteiger partial charge in [-0.3, -0.25) is 0 Å². The van der Waals surface area contributed by atoms with Crippen LogP contribution in [0.4, 0.5) is 68.2 Å². The summed E-state index contributed by atoms with van der Waals surface area (Å²) < 4.78 is 7.22. The van der Waals surface area contributed by atoms with Gasteiger partial charge in [-0.05, 0) is 195 Å². The van der Waals surface area contributed by atoms with Gasteiger partial charge in [-0.25, -0.2) is 0 Å². The van der Waals surface area contributed by atoms with Gasteiger partial charge in [0.25, 0.3) is 13.4 Å². The summed E-state index contributed by atoms with van der Waals surface area (Å²) in [5, 5.41) is 0. The number of hydrogen-bond donors (Lipinski definition) is 0. The summed E-state index contributed by atoms with van der Waals surface area (Å²) in [5.74, 6) is 1.78. The lowest BCUT2D eigenvalue weighted by molar-refractivity contribution is 0.486. The van der Waals surface area contributed by atoms with Crippen molar-refractivity contribution in [3.05, 3.63) is 287 Å². The van der Waals surface area contributed by atoms with E-state index < -0.39 is 0 Å². The Labute approximate surface area is 528 Å². The second-order valence-electron chi connectivity index (χ2n) is 25.0. The van der Waals surface area contributed by atoms with E-state index in [0.717, 1.165) is 68.1 Å². The highest BCUT2D eigenvalue weighted by molar-refractivity contribution is 8.00. The molecule has 0 aromatic heterocycles. The van der Waals surface area contributed by atoms with Crippen LogP contribution in [0.25, 0.3) is 11.1 Å². The third-order valence-electron chi connectivity index (χ3n) is 18.8. The van der Waals surface area contributed by atoms with E-state index in [1.54, 1.807) is 0 Å². The third kappa shape index (κ3) is 8.78. The van der Waals surface area contributed by atoms with E-state index in [2.05, 4.69) is 319 Å². The number of ether oxygens (including phenoxy) is 1. The van der Waals surface area contributed by atoms with Crippen LogP contribution in [0.15, 0.2) is 246 Å². The summed E-state index contributed by atoms with van der Waals surface area (Å²) >= 11 is 1.88. The molecule has 0 aliphatic carbocycles. The van der Waals surface area contributed by atoms with Crippen LogP contribution in [-0.2, 0) is 0 Å². The monoisotopic (exact) mass is 1160 g/mol. The molecule has 16 rings (SSSR count). The van der Waals surface area contributed by atoms with Gasteiger partial charge in [0.15, 0.2) is 0 Å². The van der Waals surface area contributed by atoms with Crippen molar-refractivity contribution in [3.8, 4) is 22.6 Å². The van der Waals surface area contributed by atoms with Gasteiger partial charge in [0.2, 0.25) is 0 Å². The van der Waals surface area contributed by atoms with Crippen molar-refractivity contribution < 1.29 is 4.74 Å². The first kappa shape index (κ1) is 54.5. The van der Waals surface area contributed by atoms with Crippen LogP contribution in [0.5, 0.6) is 11.5 Å². The Morgan fingerprint density at radius 3 is 1.42 bits per heavy atom. The Morgan fingerprint density at radius 1 is 0.326 bits per heavy atom. The highest BCUT2D eigenvalue weighted by Gasteiger charge is 2.48. The van der Waals surface area contributed by atoms with Gasteiger partial charge in [0, 0.05) is 55.5 Å². The number of nitrogens with zero attached hydrogens (tertiary/aromatic N) is 4. The van der Waals surface area contributed by atoms with E-state index in [1.807, 2.05) is 11.8 Å². The van der Waals surface area contributed by atoms with E-state index in [-0.39, 0.29) is 13.4 Å². The van der Waals surface area contributed by atoms with Gasteiger partial charge in [-0.1, -0.05) is 198 Å². The van der Waals surface area contributed by atoms with Gasteiger partial charge >= 0.3 is 0 Å². The Bertz CT molecular complexity index is 4820. The summed E-state index contributed by atoms with van der Waals surface area (Å²) in [6.45, 7) is 20.0. The molecular weight excluding hydrogens is 1100 g/mol. The van der Waals surface area contributed by atoms with Crippen LogP contribution in [0.3, 0.4) is 0 Å². The summed E-state index contributed by atoms with van der Waals surface area (Å²) in [5.41, 5.74) is 34.6. The molecule has 8 heteroatoms. The highest BCUT2D eigenvalue weighted by atomic mass is 32.2. The molecule has 89 heavy (non-hydrogen) atoms. The number of para-hydroxylation sites is 5. The molecule has 12 aromatic carbocycles. The molecule has 0 N–H and O–H groups in total. The van der Waals surface area contributed by atoms with Crippen LogP contribution < -0.4 is 57.1 Å². The van der Waals surface area contributed by atoms with Gasteiger partial charge in [0.05, 0.1) is 34.1 Å². The van der Waals surface area contributed by atoms with Crippen molar-refractivity contribution in [3.63, 3.8) is 0 Å². The normalized spacial score (nSPS) is 13.0. The van der Waals surface area contributed by atoms with E-state index in [9.17, 15) is 0 Å². The van der Waals surface area contributed by atoms with Gasteiger partial charge in [-0.2, -0.15) is 0 Å². The average Bonchev–Trinajstić information content (AvgIpc) is 0.699. The van der Waals surface area contributed by atoms with E-state index >= 15 is 0 Å². The summed E-state index contributed by atoms with van der Waals surface area (Å²) in [6, 6.07) is 88.8. The zero-order valence-corrected chi connectivity index (χ0v) is 52.6. The molecule has 0 bridgehead atoms. The van der Waals surface area contributed by atoms with Crippen LogP contribution in [0, 0.1) is 62.3 Å². The summed E-state index contributed by atoms with van der Waals surface area (Å²) in [6.07, 6.45) is 0. The molecule has 4 heterocycles. The maximum absolute atomic E-state index is 7.22. The van der Waals surface area contributed by atoms with Crippen LogP contribution in [0.2, 0.25) is 0 Å². The van der Waals surface area contributed by atoms with Crippen molar-refractivity contribution in [2.45, 2.75) is 72.1 Å². The number of hydrogen-bond acceptors (Lipinski definition) is 6. The summed E-state index contributed by atoms with van der Waals surface area (Å²) in [4.78, 5) is 12.6. The number of anilines is 12. The second kappa shape index (κ2) is 21.2. The molecule has 0 saturated carbocycles. The van der Waals surface area contributed by atoms with Crippen LogP contribution in [-0.4, -0.2) is 13.4 Å². The SMILES string of the molecule is Cc1cc(C)c(N(c2ccccc2)c2cc3c4c(c2)Sc2cc5c(cc2B4c2ccccc2O3)B2c3ccccc3N(c3c(C)cc(C)cc3C)c3cc(N(c4ccccc4)c4c(C)cc(C)cc4C)cc(c32)N5c2ccccc2-c2ccccc2)c(C)c1. The predicted molar refractivity (Wildman–Crippen MR) is 380 cm³/mol. The minimum atomic E-state index is -0.148.